The molecule has 1 aliphatic carbocycles. The molecule has 1 saturated carbocycles. The lowest BCUT2D eigenvalue weighted by Gasteiger charge is -2.23. The summed E-state index contributed by atoms with van der Waals surface area (Å²) in [5.41, 5.74) is 1.19. The number of amides is 1. The minimum Gasteiger partial charge on any atom is -0.464 e. The fourth-order valence-electron chi connectivity index (χ4n) is 4.86. The third kappa shape index (κ3) is 13.6. The summed E-state index contributed by atoms with van der Waals surface area (Å²) in [6.07, 6.45) is 7.65. The lowest BCUT2D eigenvalue weighted by molar-refractivity contribution is -0.757. The number of carbonyl (C=O) groups excluding carboxylic acids is 2. The molecule has 0 aliphatic heterocycles. The van der Waals surface area contributed by atoms with Gasteiger partial charge in [0.25, 0.3) is 5.09 Å². The Kier molecular flexibility index (Phi) is 15.1. The van der Waals surface area contributed by atoms with Gasteiger partial charge in [0.05, 0.1) is 31.5 Å². The number of ether oxygens (including phenoxy) is 1. The van der Waals surface area contributed by atoms with Gasteiger partial charge in [-0.1, -0.05) is 42.5 Å². The number of aliphatic hydroxyl groups is 3. The van der Waals surface area contributed by atoms with Crippen LogP contribution in [0.4, 0.5) is 0 Å². The van der Waals surface area contributed by atoms with Crippen molar-refractivity contribution in [2.75, 3.05) is 19.8 Å². The van der Waals surface area contributed by atoms with E-state index in [1.165, 1.54) is 5.56 Å². The number of hydrogen-bond donors (Lipinski definition) is 4. The molecule has 1 aliphatic rings. The molecule has 0 aromatic heterocycles. The first-order chi connectivity index (χ1) is 18.8. The SMILES string of the molecule is O=C(CCCC=CC[C@@H]1[C@@H](CC[C@@H](O)CCc2ccccc2)[C@H](O)C[C@@H]1O)NCC(=O)OCCCO[N+](=O)[O-]. The molecule has 5 atom stereocenters. The monoisotopic (exact) mass is 550 g/mol. The average Bonchev–Trinajstić information content (AvgIpc) is 3.18. The van der Waals surface area contributed by atoms with E-state index >= 15 is 0 Å². The van der Waals surface area contributed by atoms with E-state index in [1.54, 1.807) is 0 Å². The van der Waals surface area contributed by atoms with E-state index in [0.29, 0.717) is 44.9 Å². The van der Waals surface area contributed by atoms with E-state index in [-0.39, 0.29) is 50.3 Å². The summed E-state index contributed by atoms with van der Waals surface area (Å²) in [7, 11) is 0. The van der Waals surface area contributed by atoms with E-state index in [9.17, 15) is 35.0 Å². The van der Waals surface area contributed by atoms with Crippen LogP contribution in [0.25, 0.3) is 0 Å². The number of nitrogens with one attached hydrogen (secondary N) is 1. The highest BCUT2D eigenvalue weighted by molar-refractivity contribution is 5.81. The van der Waals surface area contributed by atoms with Crippen molar-refractivity contribution in [3.8, 4) is 0 Å². The molecule has 39 heavy (non-hydrogen) atoms. The number of aryl methyl sites for hydroxylation is 1. The molecule has 2 rings (SSSR count). The van der Waals surface area contributed by atoms with Gasteiger partial charge in [0.15, 0.2) is 0 Å². The molecule has 0 radical (unpaired) electrons. The predicted molar refractivity (Wildman–Crippen MR) is 143 cm³/mol. The Morgan fingerprint density at radius 1 is 1.08 bits per heavy atom. The molecule has 1 aromatic carbocycles. The van der Waals surface area contributed by atoms with Gasteiger partial charge >= 0.3 is 5.97 Å². The van der Waals surface area contributed by atoms with E-state index < -0.39 is 29.4 Å². The number of rotatable bonds is 19. The molecule has 4 N–H and O–H groups in total. The Labute approximate surface area is 229 Å². The molecular weight excluding hydrogens is 508 g/mol. The average molecular weight is 551 g/mol. The van der Waals surface area contributed by atoms with Crippen molar-refractivity contribution in [1.82, 2.24) is 5.32 Å². The highest BCUT2D eigenvalue weighted by atomic mass is 16.9. The smallest absolute Gasteiger partial charge is 0.325 e. The maximum atomic E-state index is 11.9. The fraction of sp³-hybridized carbons (Fsp3) is 0.643. The van der Waals surface area contributed by atoms with Crippen molar-refractivity contribution in [2.24, 2.45) is 11.8 Å². The van der Waals surface area contributed by atoms with Gasteiger partial charge in [-0.25, -0.2) is 0 Å². The molecule has 218 valence electrons. The van der Waals surface area contributed by atoms with Gasteiger partial charge in [0.1, 0.15) is 6.54 Å². The molecule has 11 nitrogen and oxygen atoms in total. The third-order valence-corrected chi connectivity index (χ3v) is 6.99. The first-order valence-corrected chi connectivity index (χ1v) is 13.7. The van der Waals surface area contributed by atoms with Gasteiger partial charge in [-0.05, 0) is 68.8 Å². The van der Waals surface area contributed by atoms with Gasteiger partial charge in [-0.3, -0.25) is 9.59 Å². The third-order valence-electron chi connectivity index (χ3n) is 6.99. The zero-order valence-electron chi connectivity index (χ0n) is 22.4. The number of carbonyl (C=O) groups is 2. The van der Waals surface area contributed by atoms with E-state index in [0.717, 1.165) is 6.42 Å². The Balaban J connectivity index is 1.58. The zero-order valence-corrected chi connectivity index (χ0v) is 22.4. The second-order valence-corrected chi connectivity index (χ2v) is 9.96. The quantitative estimate of drug-likeness (QED) is 0.0665. The van der Waals surface area contributed by atoms with Gasteiger partial charge in [0.2, 0.25) is 5.91 Å². The molecule has 0 unspecified atom stereocenters. The van der Waals surface area contributed by atoms with Gasteiger partial charge < -0.3 is 30.2 Å². The topological polar surface area (TPSA) is 168 Å². The standard InChI is InChI=1S/C28H42N2O9/c31-22(14-13-21-9-4-3-5-10-21)15-16-24-23(25(32)19-26(24)33)11-6-1-2-7-12-27(34)29-20-28(35)38-17-8-18-39-30(36)37/h1,3-6,9-10,22-26,31-33H,2,7-8,11-20H2,(H,29,34)/t22-,23+,24+,25-,26+/m0/s1. The second kappa shape index (κ2) is 18.3. The van der Waals surface area contributed by atoms with Crippen LogP contribution in [0.2, 0.25) is 0 Å². The first kappa shape index (κ1) is 32.2. The van der Waals surface area contributed by atoms with E-state index in [2.05, 4.69) is 10.2 Å². The lowest BCUT2D eigenvalue weighted by Crippen LogP contribution is -2.30. The maximum Gasteiger partial charge on any atom is 0.325 e. The molecule has 1 fully saturated rings. The molecule has 0 saturated heterocycles. The van der Waals surface area contributed by atoms with E-state index in [4.69, 9.17) is 4.74 Å². The highest BCUT2D eigenvalue weighted by Crippen LogP contribution is 2.38. The van der Waals surface area contributed by atoms with Crippen molar-refractivity contribution in [3.05, 3.63) is 58.2 Å². The van der Waals surface area contributed by atoms with Crippen LogP contribution in [0.15, 0.2) is 42.5 Å². The van der Waals surface area contributed by atoms with Crippen molar-refractivity contribution >= 4 is 11.9 Å². The summed E-state index contributed by atoms with van der Waals surface area (Å²) in [5.74, 6) is -1.04. The number of benzene rings is 1. The minimum absolute atomic E-state index is 0.0320. The molecule has 11 heteroatoms. The summed E-state index contributed by atoms with van der Waals surface area (Å²) >= 11 is 0. The Hall–Kier alpha value is -3.02. The Morgan fingerprint density at radius 2 is 1.82 bits per heavy atom. The number of nitrogens with zero attached hydrogens (tertiary/aromatic N) is 1. The van der Waals surface area contributed by atoms with E-state index in [1.807, 2.05) is 42.5 Å². The molecular formula is C28H42N2O9. The number of hydrogen-bond acceptors (Lipinski definition) is 9. The Bertz CT molecular complexity index is 896. The zero-order chi connectivity index (χ0) is 28.5. The first-order valence-electron chi connectivity index (χ1n) is 13.7. The van der Waals surface area contributed by atoms with Crippen LogP contribution < -0.4 is 5.32 Å². The molecule has 1 amide bonds. The largest absolute Gasteiger partial charge is 0.464 e. The minimum atomic E-state index is -0.918. The van der Waals surface area contributed by atoms with Gasteiger partial charge in [0, 0.05) is 12.8 Å². The number of unbranched alkanes of at least 4 members (excludes halogenated alkanes) is 1. The molecule has 1 aromatic rings. The van der Waals surface area contributed by atoms with Crippen LogP contribution >= 0.6 is 0 Å². The summed E-state index contributed by atoms with van der Waals surface area (Å²) in [5, 5.41) is 42.9. The fourth-order valence-corrected chi connectivity index (χ4v) is 4.86. The van der Waals surface area contributed by atoms with Crippen LogP contribution in [-0.2, 0) is 25.6 Å². The van der Waals surface area contributed by atoms with Crippen LogP contribution in [0.1, 0.15) is 63.4 Å². The lowest BCUT2D eigenvalue weighted by atomic mass is 9.85. The summed E-state index contributed by atoms with van der Waals surface area (Å²) in [6, 6.07) is 10.0. The van der Waals surface area contributed by atoms with Crippen molar-refractivity contribution in [3.63, 3.8) is 0 Å². The normalized spacial score (nSPS) is 21.5. The van der Waals surface area contributed by atoms with Crippen LogP contribution in [-0.4, -0.2) is 70.4 Å². The second-order valence-electron chi connectivity index (χ2n) is 9.96. The highest BCUT2D eigenvalue weighted by Gasteiger charge is 2.40. The van der Waals surface area contributed by atoms with Crippen molar-refractivity contribution in [2.45, 2.75) is 82.5 Å². The number of allylic oxidation sites excluding steroid dienone is 2. The molecule has 0 bridgehead atoms. The van der Waals surface area contributed by atoms with Crippen LogP contribution in [0.5, 0.6) is 0 Å². The van der Waals surface area contributed by atoms with Crippen molar-refractivity contribution < 1.29 is 39.6 Å². The number of aliphatic hydroxyl groups excluding tert-OH is 3. The van der Waals surface area contributed by atoms with Crippen LogP contribution in [0, 0.1) is 22.0 Å². The van der Waals surface area contributed by atoms with Crippen molar-refractivity contribution in [1.29, 1.82) is 0 Å². The summed E-state index contributed by atoms with van der Waals surface area (Å²) < 4.78 is 4.85. The van der Waals surface area contributed by atoms with Gasteiger partial charge in [-0.2, -0.15) is 0 Å². The number of esters is 1. The van der Waals surface area contributed by atoms with Crippen LogP contribution in [0.3, 0.4) is 0 Å². The van der Waals surface area contributed by atoms with Gasteiger partial charge in [-0.15, -0.1) is 10.1 Å². The Morgan fingerprint density at radius 3 is 2.56 bits per heavy atom. The summed E-state index contributed by atoms with van der Waals surface area (Å²) in [4.78, 5) is 37.6. The predicted octanol–water partition coefficient (Wildman–Crippen LogP) is 2.49. The maximum absolute atomic E-state index is 11.9. The summed E-state index contributed by atoms with van der Waals surface area (Å²) in [6.45, 7) is -0.468. The molecule has 0 heterocycles. The molecule has 0 spiro atoms.